The summed E-state index contributed by atoms with van der Waals surface area (Å²) in [5.74, 6) is -1.51. The van der Waals surface area contributed by atoms with Gasteiger partial charge in [-0.15, -0.1) is 5.10 Å². The minimum Gasteiger partial charge on any atom is -0.476 e. The highest BCUT2D eigenvalue weighted by atomic mass is 35.5. The summed E-state index contributed by atoms with van der Waals surface area (Å²) in [5.41, 5.74) is 0.753. The number of hydrogen-bond acceptors (Lipinski definition) is 4. The maximum Gasteiger partial charge on any atom is 0.358 e. The lowest BCUT2D eigenvalue weighted by molar-refractivity contribution is -0.117. The van der Waals surface area contributed by atoms with Crippen molar-refractivity contribution in [2.24, 2.45) is 0 Å². The van der Waals surface area contributed by atoms with E-state index >= 15 is 0 Å². The molecule has 7 nitrogen and oxygen atoms in total. The molecule has 1 aromatic carbocycles. The number of aromatic carboxylic acids is 1. The summed E-state index contributed by atoms with van der Waals surface area (Å²) in [6.07, 6.45) is 0. The lowest BCUT2D eigenvalue weighted by Crippen LogP contribution is -2.20. The molecule has 0 aliphatic rings. The molecule has 0 radical (unpaired) electrons. The van der Waals surface area contributed by atoms with Crippen molar-refractivity contribution in [3.05, 3.63) is 40.7 Å². The van der Waals surface area contributed by atoms with E-state index in [0.29, 0.717) is 16.4 Å². The van der Waals surface area contributed by atoms with E-state index in [2.05, 4.69) is 15.6 Å². The number of carbonyl (C=O) groups is 2. The summed E-state index contributed by atoms with van der Waals surface area (Å²) in [4.78, 5) is 22.6. The van der Waals surface area contributed by atoms with Gasteiger partial charge in [0.25, 0.3) is 0 Å². The van der Waals surface area contributed by atoms with E-state index in [-0.39, 0.29) is 18.1 Å². The van der Waals surface area contributed by atoms with E-state index in [1.165, 1.54) is 4.68 Å². The van der Waals surface area contributed by atoms with Crippen LogP contribution in [0.1, 0.15) is 16.2 Å². The van der Waals surface area contributed by atoms with Gasteiger partial charge >= 0.3 is 5.97 Å². The van der Waals surface area contributed by atoms with Crippen molar-refractivity contribution in [2.75, 3.05) is 5.32 Å². The average molecular weight is 295 g/mol. The van der Waals surface area contributed by atoms with Crippen molar-refractivity contribution in [3.8, 4) is 0 Å². The van der Waals surface area contributed by atoms with E-state index in [0.717, 1.165) is 0 Å². The Balaban J connectivity index is 2.05. The Morgan fingerprint density at radius 3 is 2.55 bits per heavy atom. The molecule has 0 aliphatic heterocycles. The zero-order valence-corrected chi connectivity index (χ0v) is 11.3. The molecule has 0 aliphatic carbocycles. The lowest BCUT2D eigenvalue weighted by Gasteiger charge is -2.06. The normalized spacial score (nSPS) is 10.3. The van der Waals surface area contributed by atoms with Gasteiger partial charge in [-0.05, 0) is 31.2 Å². The topological polar surface area (TPSA) is 97.1 Å². The highest BCUT2D eigenvalue weighted by Crippen LogP contribution is 2.13. The summed E-state index contributed by atoms with van der Waals surface area (Å²) in [6, 6.07) is 6.63. The number of nitrogens with one attached hydrogen (secondary N) is 1. The average Bonchev–Trinajstić information content (AvgIpc) is 2.74. The summed E-state index contributed by atoms with van der Waals surface area (Å²) in [7, 11) is 0. The summed E-state index contributed by atoms with van der Waals surface area (Å²) >= 11 is 5.74. The van der Waals surface area contributed by atoms with Crippen LogP contribution in [0.15, 0.2) is 24.3 Å². The van der Waals surface area contributed by atoms with Crippen LogP contribution in [0, 0.1) is 6.92 Å². The molecule has 0 fully saturated rings. The highest BCUT2D eigenvalue weighted by molar-refractivity contribution is 6.30. The minimum atomic E-state index is -1.17. The molecule has 0 saturated carbocycles. The fraction of sp³-hybridized carbons (Fsp3) is 0.167. The standard InChI is InChI=1S/C12H11ClN4O3/c1-7-11(12(19)20)15-16-17(7)6-10(18)14-9-4-2-8(13)3-5-9/h2-5H,6H2,1H3,(H,14,18)(H,19,20). The van der Waals surface area contributed by atoms with E-state index in [4.69, 9.17) is 16.7 Å². The van der Waals surface area contributed by atoms with Gasteiger partial charge in [-0.3, -0.25) is 4.79 Å². The van der Waals surface area contributed by atoms with Gasteiger partial charge in [0.05, 0.1) is 5.69 Å². The molecule has 2 N–H and O–H groups in total. The Labute approximate surface area is 119 Å². The van der Waals surface area contributed by atoms with Gasteiger partial charge < -0.3 is 10.4 Å². The van der Waals surface area contributed by atoms with Crippen LogP contribution in [0.2, 0.25) is 5.02 Å². The first-order valence-electron chi connectivity index (χ1n) is 5.66. The maximum absolute atomic E-state index is 11.8. The van der Waals surface area contributed by atoms with E-state index in [1.807, 2.05) is 0 Å². The Kier molecular flexibility index (Phi) is 3.99. The summed E-state index contributed by atoms with van der Waals surface area (Å²) in [6.45, 7) is 1.42. The monoisotopic (exact) mass is 294 g/mol. The first-order valence-corrected chi connectivity index (χ1v) is 6.04. The number of halogens is 1. The second-order valence-electron chi connectivity index (χ2n) is 4.04. The van der Waals surface area contributed by atoms with E-state index < -0.39 is 5.97 Å². The van der Waals surface area contributed by atoms with Gasteiger partial charge in [-0.2, -0.15) is 0 Å². The maximum atomic E-state index is 11.8. The molecule has 0 saturated heterocycles. The van der Waals surface area contributed by atoms with Crippen molar-refractivity contribution >= 4 is 29.2 Å². The smallest absolute Gasteiger partial charge is 0.358 e. The molecule has 2 rings (SSSR count). The SMILES string of the molecule is Cc1c(C(=O)O)nnn1CC(=O)Nc1ccc(Cl)cc1. The van der Waals surface area contributed by atoms with Crippen molar-refractivity contribution in [1.29, 1.82) is 0 Å². The summed E-state index contributed by atoms with van der Waals surface area (Å²) < 4.78 is 1.23. The Bertz CT molecular complexity index is 651. The van der Waals surface area contributed by atoms with Gasteiger partial charge in [0.2, 0.25) is 5.91 Å². The predicted molar refractivity (Wildman–Crippen MR) is 71.8 cm³/mol. The lowest BCUT2D eigenvalue weighted by atomic mass is 10.3. The molecule has 1 heterocycles. The van der Waals surface area contributed by atoms with Crippen molar-refractivity contribution in [2.45, 2.75) is 13.5 Å². The number of hydrogen-bond donors (Lipinski definition) is 2. The fourth-order valence-electron chi connectivity index (χ4n) is 1.58. The summed E-state index contributed by atoms with van der Waals surface area (Å²) in [5, 5.41) is 19.2. The molecule has 0 bridgehead atoms. The van der Waals surface area contributed by atoms with Crippen molar-refractivity contribution in [1.82, 2.24) is 15.0 Å². The van der Waals surface area contributed by atoms with Crippen LogP contribution in [0.4, 0.5) is 5.69 Å². The number of nitrogens with zero attached hydrogens (tertiary/aromatic N) is 3. The second kappa shape index (κ2) is 5.70. The molecule has 0 unspecified atom stereocenters. The second-order valence-corrected chi connectivity index (χ2v) is 4.48. The number of rotatable bonds is 4. The van der Waals surface area contributed by atoms with Gasteiger partial charge in [-0.25, -0.2) is 9.48 Å². The minimum absolute atomic E-state index is 0.116. The van der Waals surface area contributed by atoms with E-state index in [9.17, 15) is 9.59 Å². The number of carbonyl (C=O) groups excluding carboxylic acids is 1. The molecule has 2 aromatic rings. The first kappa shape index (κ1) is 14.0. The number of anilines is 1. The molecular weight excluding hydrogens is 284 g/mol. The van der Waals surface area contributed by atoms with Crippen LogP contribution in [0.5, 0.6) is 0 Å². The van der Waals surface area contributed by atoms with Crippen molar-refractivity contribution < 1.29 is 14.7 Å². The van der Waals surface area contributed by atoms with Gasteiger partial charge in [0.15, 0.2) is 5.69 Å². The zero-order chi connectivity index (χ0) is 14.7. The number of amides is 1. The molecule has 8 heteroatoms. The zero-order valence-electron chi connectivity index (χ0n) is 10.5. The van der Waals surface area contributed by atoms with Crippen LogP contribution in [0.25, 0.3) is 0 Å². The molecule has 1 aromatic heterocycles. The third-order valence-electron chi connectivity index (χ3n) is 2.61. The molecule has 0 atom stereocenters. The largest absolute Gasteiger partial charge is 0.476 e. The third kappa shape index (κ3) is 3.12. The number of carboxylic acid groups (broad SMARTS) is 1. The molecular formula is C12H11ClN4O3. The quantitative estimate of drug-likeness (QED) is 0.892. The van der Waals surface area contributed by atoms with Crippen LogP contribution in [-0.2, 0) is 11.3 Å². The Morgan fingerprint density at radius 1 is 1.35 bits per heavy atom. The van der Waals surface area contributed by atoms with Crippen LogP contribution in [-0.4, -0.2) is 32.0 Å². The third-order valence-corrected chi connectivity index (χ3v) is 2.86. The molecule has 20 heavy (non-hydrogen) atoms. The Hall–Kier alpha value is -2.41. The first-order chi connectivity index (χ1) is 9.47. The van der Waals surface area contributed by atoms with Crippen molar-refractivity contribution in [3.63, 3.8) is 0 Å². The highest BCUT2D eigenvalue weighted by Gasteiger charge is 2.16. The van der Waals surface area contributed by atoms with E-state index in [1.54, 1.807) is 31.2 Å². The van der Waals surface area contributed by atoms with Gasteiger partial charge in [0.1, 0.15) is 6.54 Å². The fourth-order valence-corrected chi connectivity index (χ4v) is 1.70. The molecule has 104 valence electrons. The van der Waals surface area contributed by atoms with Gasteiger partial charge in [0, 0.05) is 10.7 Å². The predicted octanol–water partition coefficient (Wildman–Crippen LogP) is 1.58. The molecule has 0 spiro atoms. The van der Waals surface area contributed by atoms with Gasteiger partial charge in [-0.1, -0.05) is 16.8 Å². The van der Waals surface area contributed by atoms with Crippen LogP contribution < -0.4 is 5.32 Å². The number of aromatic nitrogens is 3. The Morgan fingerprint density at radius 2 is 2.00 bits per heavy atom. The number of carboxylic acids is 1. The van der Waals surface area contributed by atoms with Crippen LogP contribution in [0.3, 0.4) is 0 Å². The molecule has 1 amide bonds. The number of benzene rings is 1. The van der Waals surface area contributed by atoms with Crippen LogP contribution >= 0.6 is 11.6 Å².